The van der Waals surface area contributed by atoms with Gasteiger partial charge >= 0.3 is 5.97 Å². The van der Waals surface area contributed by atoms with E-state index in [1.165, 1.54) is 22.1 Å². The molecule has 2 heterocycles. The summed E-state index contributed by atoms with van der Waals surface area (Å²) < 4.78 is 11.3. The van der Waals surface area contributed by atoms with Gasteiger partial charge in [-0.3, -0.25) is 0 Å². The highest BCUT2D eigenvalue weighted by atomic mass is 32.1. The molecule has 1 aliphatic heterocycles. The number of esters is 1. The maximum Gasteiger partial charge on any atom is 0.363 e. The Morgan fingerprint density at radius 3 is 2.73 bits per heavy atom. The molecule has 0 saturated heterocycles. The molecule has 0 atom stereocenters. The van der Waals surface area contributed by atoms with E-state index >= 15 is 0 Å². The molecule has 0 spiro atoms. The zero-order valence-electron chi connectivity index (χ0n) is 15.9. The molecule has 0 unspecified atom stereocenters. The van der Waals surface area contributed by atoms with Crippen LogP contribution >= 0.6 is 11.3 Å². The number of cyclic esters (lactones) is 1. The lowest BCUT2D eigenvalue weighted by Gasteiger charge is -2.09. The Balaban J connectivity index is 1.36. The second kappa shape index (κ2) is 7.97. The number of rotatable bonds is 5. The van der Waals surface area contributed by atoms with Crippen molar-refractivity contribution in [2.75, 3.05) is 0 Å². The van der Waals surface area contributed by atoms with Gasteiger partial charge in [-0.1, -0.05) is 60.7 Å². The van der Waals surface area contributed by atoms with Gasteiger partial charge in [0.1, 0.15) is 12.4 Å². The van der Waals surface area contributed by atoms with Crippen LogP contribution in [0.1, 0.15) is 16.0 Å². The molecule has 5 heteroatoms. The van der Waals surface area contributed by atoms with Crippen LogP contribution in [-0.4, -0.2) is 11.9 Å². The molecule has 1 aliphatic rings. The third-order valence-corrected chi connectivity index (χ3v) is 5.65. The van der Waals surface area contributed by atoms with Crippen LogP contribution in [0.5, 0.6) is 5.75 Å². The molecule has 0 bridgehead atoms. The van der Waals surface area contributed by atoms with Crippen LogP contribution in [0.3, 0.4) is 0 Å². The van der Waals surface area contributed by atoms with Gasteiger partial charge in [0, 0.05) is 0 Å². The average molecular weight is 411 g/mol. The first-order valence-corrected chi connectivity index (χ1v) is 10.4. The van der Waals surface area contributed by atoms with E-state index in [1.807, 2.05) is 60.0 Å². The number of thiophene rings is 1. The molecule has 0 saturated carbocycles. The molecular weight excluding hydrogens is 394 g/mol. The monoisotopic (exact) mass is 411 g/mol. The minimum atomic E-state index is -0.444. The molecule has 4 aromatic rings. The number of hydrogen-bond donors (Lipinski definition) is 0. The third-order valence-electron chi connectivity index (χ3n) is 4.79. The van der Waals surface area contributed by atoms with Crippen molar-refractivity contribution in [3.8, 4) is 5.75 Å². The van der Waals surface area contributed by atoms with Crippen LogP contribution in [0, 0.1) is 0 Å². The first-order valence-electron chi connectivity index (χ1n) is 9.52. The molecule has 0 fully saturated rings. The second-order valence-electron chi connectivity index (χ2n) is 6.81. The number of fused-ring (bicyclic) bond motifs is 1. The summed E-state index contributed by atoms with van der Waals surface area (Å²) in [5.41, 5.74) is 2.24. The molecule has 3 aromatic carbocycles. The van der Waals surface area contributed by atoms with Gasteiger partial charge in [-0.2, -0.15) is 0 Å². The topological polar surface area (TPSA) is 47.9 Å². The summed E-state index contributed by atoms with van der Waals surface area (Å²) >= 11 is 1.48. The molecule has 4 nitrogen and oxygen atoms in total. The van der Waals surface area contributed by atoms with Gasteiger partial charge in [0.05, 0.1) is 4.88 Å². The van der Waals surface area contributed by atoms with Crippen molar-refractivity contribution in [3.05, 3.63) is 106 Å². The number of hydrogen-bond acceptors (Lipinski definition) is 5. The summed E-state index contributed by atoms with van der Waals surface area (Å²) in [5.74, 6) is 0.635. The van der Waals surface area contributed by atoms with E-state index in [0.29, 0.717) is 12.5 Å². The van der Waals surface area contributed by atoms with Crippen molar-refractivity contribution >= 4 is 40.1 Å². The van der Waals surface area contributed by atoms with E-state index in [0.717, 1.165) is 21.8 Å². The van der Waals surface area contributed by atoms with Crippen LogP contribution in [0.2, 0.25) is 0 Å². The van der Waals surface area contributed by atoms with E-state index < -0.39 is 5.97 Å². The van der Waals surface area contributed by atoms with Crippen molar-refractivity contribution < 1.29 is 14.3 Å². The Bertz CT molecular complexity index is 1280. The van der Waals surface area contributed by atoms with Crippen molar-refractivity contribution in [2.24, 2.45) is 4.99 Å². The van der Waals surface area contributed by atoms with Crippen LogP contribution in [0.25, 0.3) is 16.8 Å². The fraction of sp³-hybridized carbons (Fsp3) is 0.0400. The lowest BCUT2D eigenvalue weighted by molar-refractivity contribution is -0.129. The Kier molecular flexibility index (Phi) is 4.87. The average Bonchev–Trinajstić information content (AvgIpc) is 3.43. The number of ether oxygens (including phenoxy) is 2. The predicted octanol–water partition coefficient (Wildman–Crippen LogP) is 5.82. The van der Waals surface area contributed by atoms with Gasteiger partial charge in [0.2, 0.25) is 5.90 Å². The van der Waals surface area contributed by atoms with Crippen molar-refractivity contribution in [3.63, 3.8) is 0 Å². The van der Waals surface area contributed by atoms with Gasteiger partial charge in [-0.15, -0.1) is 11.3 Å². The van der Waals surface area contributed by atoms with Crippen molar-refractivity contribution in [2.45, 2.75) is 6.61 Å². The van der Waals surface area contributed by atoms with E-state index in [-0.39, 0.29) is 5.70 Å². The summed E-state index contributed by atoms with van der Waals surface area (Å²) in [6, 6.07) is 25.8. The minimum absolute atomic E-state index is 0.282. The zero-order valence-corrected chi connectivity index (χ0v) is 16.8. The Morgan fingerprint density at radius 2 is 1.83 bits per heavy atom. The van der Waals surface area contributed by atoms with Crippen LogP contribution in [-0.2, 0) is 16.1 Å². The summed E-state index contributed by atoms with van der Waals surface area (Å²) in [5, 5.41) is 4.29. The van der Waals surface area contributed by atoms with Gasteiger partial charge in [-0.25, -0.2) is 9.79 Å². The SMILES string of the molecule is O=C1OC(c2cccs2)=NC1=Cc1cccc(OCc2cccc3ccccc23)c1. The quantitative estimate of drug-likeness (QED) is 0.307. The molecule has 0 amide bonds. The molecule has 0 aliphatic carbocycles. The summed E-state index contributed by atoms with van der Waals surface area (Å²) in [6.07, 6.45) is 1.72. The molecule has 146 valence electrons. The smallest absolute Gasteiger partial charge is 0.363 e. The molecule has 0 radical (unpaired) electrons. The maximum atomic E-state index is 12.2. The van der Waals surface area contributed by atoms with E-state index in [9.17, 15) is 4.79 Å². The van der Waals surface area contributed by atoms with Crippen molar-refractivity contribution in [1.29, 1.82) is 0 Å². The zero-order chi connectivity index (χ0) is 20.3. The molecule has 0 N–H and O–H groups in total. The van der Waals surface area contributed by atoms with Gasteiger partial charge in [0.15, 0.2) is 5.70 Å². The van der Waals surface area contributed by atoms with Crippen LogP contribution < -0.4 is 4.74 Å². The summed E-state index contributed by atoms with van der Waals surface area (Å²) in [6.45, 7) is 0.462. The highest BCUT2D eigenvalue weighted by molar-refractivity contribution is 7.12. The molecule has 30 heavy (non-hydrogen) atoms. The highest BCUT2D eigenvalue weighted by Gasteiger charge is 2.24. The van der Waals surface area contributed by atoms with E-state index in [1.54, 1.807) is 6.08 Å². The van der Waals surface area contributed by atoms with E-state index in [2.05, 4.69) is 29.3 Å². The Morgan fingerprint density at radius 1 is 0.967 bits per heavy atom. The van der Waals surface area contributed by atoms with Crippen molar-refractivity contribution in [1.82, 2.24) is 0 Å². The van der Waals surface area contributed by atoms with Gasteiger partial charge < -0.3 is 9.47 Å². The third kappa shape index (κ3) is 3.75. The summed E-state index contributed by atoms with van der Waals surface area (Å²) in [4.78, 5) is 17.3. The first-order chi connectivity index (χ1) is 14.8. The predicted molar refractivity (Wildman–Crippen MR) is 120 cm³/mol. The largest absolute Gasteiger partial charge is 0.489 e. The maximum absolute atomic E-state index is 12.2. The molecular formula is C25H17NO3S. The summed E-state index contributed by atoms with van der Waals surface area (Å²) in [7, 11) is 0. The number of benzene rings is 3. The number of nitrogens with zero attached hydrogens (tertiary/aromatic N) is 1. The lowest BCUT2D eigenvalue weighted by atomic mass is 10.1. The molecule has 5 rings (SSSR count). The number of carbonyl (C=O) groups is 1. The van der Waals surface area contributed by atoms with Gasteiger partial charge in [0.25, 0.3) is 0 Å². The van der Waals surface area contributed by atoms with Crippen LogP contribution in [0.4, 0.5) is 0 Å². The standard InChI is InChI=1S/C25H17NO3S/c27-25-22(26-24(29-25)23-12-5-13-30-23)15-17-6-3-10-20(14-17)28-16-19-9-4-8-18-7-1-2-11-21(18)19/h1-15H,16H2. The highest BCUT2D eigenvalue weighted by Crippen LogP contribution is 2.24. The number of aliphatic imine (C=N–C) groups is 1. The first kappa shape index (κ1) is 18.3. The lowest BCUT2D eigenvalue weighted by Crippen LogP contribution is -2.03. The minimum Gasteiger partial charge on any atom is -0.489 e. The Labute approximate surface area is 177 Å². The Hall–Kier alpha value is -3.70. The van der Waals surface area contributed by atoms with E-state index in [4.69, 9.17) is 9.47 Å². The fourth-order valence-electron chi connectivity index (χ4n) is 3.35. The van der Waals surface area contributed by atoms with Crippen LogP contribution in [0.15, 0.2) is 94.9 Å². The fourth-order valence-corrected chi connectivity index (χ4v) is 4.00. The molecule has 1 aromatic heterocycles. The van der Waals surface area contributed by atoms with Gasteiger partial charge in [-0.05, 0) is 51.6 Å². The second-order valence-corrected chi connectivity index (χ2v) is 7.76. The normalized spacial score (nSPS) is 14.7. The number of carbonyl (C=O) groups excluding carboxylic acids is 1.